The Kier molecular flexibility index (Phi) is 7.33. The van der Waals surface area contributed by atoms with E-state index in [-0.39, 0.29) is 65.4 Å². The fourth-order valence-electron chi connectivity index (χ4n) is 4.88. The summed E-state index contributed by atoms with van der Waals surface area (Å²) >= 11 is 0. The second kappa shape index (κ2) is 9.62. The average Bonchev–Trinajstić information content (AvgIpc) is 3.41. The number of nitrogens with zero attached hydrogens (tertiary/aromatic N) is 2. The number of carbonyl (C=O) groups is 2. The first-order valence-corrected chi connectivity index (χ1v) is 10.3. The van der Waals surface area contributed by atoms with E-state index >= 15 is 0 Å². The molecule has 1 aliphatic heterocycles. The summed E-state index contributed by atoms with van der Waals surface area (Å²) in [5, 5.41) is 6.25. The molecule has 2 aliphatic carbocycles. The maximum atomic E-state index is 13.4. The van der Waals surface area contributed by atoms with Gasteiger partial charge < -0.3 is 10.6 Å². The van der Waals surface area contributed by atoms with Gasteiger partial charge in [-0.15, -0.1) is 24.0 Å². The second-order valence-electron chi connectivity index (χ2n) is 8.28. The molecule has 2 N–H and O–H groups in total. The van der Waals surface area contributed by atoms with Crippen molar-refractivity contribution in [3.63, 3.8) is 0 Å². The van der Waals surface area contributed by atoms with Gasteiger partial charge in [-0.25, -0.2) is 8.78 Å². The molecular formula is C22H27F2IN4O2. The van der Waals surface area contributed by atoms with Crippen molar-refractivity contribution in [3.8, 4) is 0 Å². The van der Waals surface area contributed by atoms with Gasteiger partial charge in [-0.3, -0.25) is 19.5 Å². The number of likely N-dealkylation sites (tertiary alicyclic amines) is 1. The summed E-state index contributed by atoms with van der Waals surface area (Å²) < 4.78 is 26.5. The average molecular weight is 544 g/mol. The standard InChI is InChI=1S/C22H26F2N4O2.HI/c1-12(13-5-6-16(23)17(24)10-13)11-27-22(25-2)26-7-8-28-20(29)18-14-3-4-15(9-14)19(18)21(28)30;/h3-6,10,12,14-15,18-19H,7-9,11H2,1-2H3,(H2,25,26,27);1H. The highest BCUT2D eigenvalue weighted by Gasteiger charge is 2.58. The lowest BCUT2D eigenvalue weighted by molar-refractivity contribution is -0.140. The van der Waals surface area contributed by atoms with Crippen molar-refractivity contribution in [1.82, 2.24) is 15.5 Å². The quantitative estimate of drug-likeness (QED) is 0.190. The molecule has 2 amide bonds. The zero-order valence-corrected chi connectivity index (χ0v) is 19.8. The van der Waals surface area contributed by atoms with Gasteiger partial charge in [0.25, 0.3) is 0 Å². The fourth-order valence-corrected chi connectivity index (χ4v) is 4.88. The third-order valence-corrected chi connectivity index (χ3v) is 6.50. The van der Waals surface area contributed by atoms with Crippen LogP contribution >= 0.6 is 24.0 Å². The van der Waals surface area contributed by atoms with Gasteiger partial charge in [-0.1, -0.05) is 25.1 Å². The molecule has 2 fully saturated rings. The van der Waals surface area contributed by atoms with Gasteiger partial charge in [0.2, 0.25) is 11.8 Å². The number of aliphatic imine (C=N–C) groups is 1. The van der Waals surface area contributed by atoms with Crippen LogP contribution in [0.5, 0.6) is 0 Å². The van der Waals surface area contributed by atoms with Gasteiger partial charge in [-0.05, 0) is 41.9 Å². The molecule has 31 heavy (non-hydrogen) atoms. The van der Waals surface area contributed by atoms with E-state index in [4.69, 9.17) is 0 Å². The van der Waals surface area contributed by atoms with Crippen molar-refractivity contribution in [3.05, 3.63) is 47.5 Å². The van der Waals surface area contributed by atoms with E-state index in [1.54, 1.807) is 13.1 Å². The molecule has 6 nitrogen and oxygen atoms in total. The molecule has 4 rings (SSSR count). The summed E-state index contributed by atoms with van der Waals surface area (Å²) in [4.78, 5) is 30.9. The largest absolute Gasteiger partial charge is 0.356 e. The summed E-state index contributed by atoms with van der Waals surface area (Å²) in [5.74, 6) is -1.33. The van der Waals surface area contributed by atoms with E-state index in [2.05, 4.69) is 27.8 Å². The molecule has 5 atom stereocenters. The van der Waals surface area contributed by atoms with Crippen LogP contribution in [-0.2, 0) is 9.59 Å². The monoisotopic (exact) mass is 544 g/mol. The van der Waals surface area contributed by atoms with E-state index in [1.807, 2.05) is 6.92 Å². The van der Waals surface area contributed by atoms with Crippen molar-refractivity contribution >= 4 is 41.8 Å². The Morgan fingerprint density at radius 2 is 1.77 bits per heavy atom. The van der Waals surface area contributed by atoms with Crippen molar-refractivity contribution in [2.75, 3.05) is 26.7 Å². The predicted octanol–water partition coefficient (Wildman–Crippen LogP) is 2.66. The van der Waals surface area contributed by atoms with Crippen LogP contribution in [0.4, 0.5) is 8.78 Å². The molecule has 168 valence electrons. The predicted molar refractivity (Wildman–Crippen MR) is 124 cm³/mol. The maximum Gasteiger partial charge on any atom is 0.233 e. The number of allylic oxidation sites excluding steroid dienone is 2. The van der Waals surface area contributed by atoms with Gasteiger partial charge in [0.05, 0.1) is 11.8 Å². The van der Waals surface area contributed by atoms with E-state index in [1.165, 1.54) is 11.0 Å². The van der Waals surface area contributed by atoms with Crippen molar-refractivity contribution in [1.29, 1.82) is 0 Å². The van der Waals surface area contributed by atoms with E-state index in [9.17, 15) is 18.4 Å². The summed E-state index contributed by atoms with van der Waals surface area (Å²) in [5.41, 5.74) is 0.680. The minimum atomic E-state index is -0.866. The SMILES string of the molecule is CN=C(NCCN1C(=O)C2C3C=CC(C3)C2C1=O)NCC(C)c1ccc(F)c(F)c1.I. The topological polar surface area (TPSA) is 73.8 Å². The molecule has 0 spiro atoms. The summed E-state index contributed by atoms with van der Waals surface area (Å²) in [6.07, 6.45) is 5.09. The fraction of sp³-hybridized carbons (Fsp3) is 0.500. The molecule has 3 aliphatic rings. The maximum absolute atomic E-state index is 13.4. The van der Waals surface area contributed by atoms with Crippen LogP contribution in [0.1, 0.15) is 24.8 Å². The number of halogens is 3. The van der Waals surface area contributed by atoms with Crippen LogP contribution in [0, 0.1) is 35.3 Å². The third-order valence-electron chi connectivity index (χ3n) is 6.50. The molecule has 1 aromatic rings. The Balaban J connectivity index is 0.00000272. The first-order valence-electron chi connectivity index (χ1n) is 10.3. The Morgan fingerprint density at radius 3 is 2.35 bits per heavy atom. The van der Waals surface area contributed by atoms with Crippen LogP contribution in [0.3, 0.4) is 0 Å². The van der Waals surface area contributed by atoms with Crippen molar-refractivity contribution in [2.45, 2.75) is 19.3 Å². The van der Waals surface area contributed by atoms with E-state index in [0.29, 0.717) is 31.2 Å². The number of fused-ring (bicyclic) bond motifs is 5. The summed E-state index contributed by atoms with van der Waals surface area (Å²) in [6.45, 7) is 3.05. The smallest absolute Gasteiger partial charge is 0.233 e. The summed E-state index contributed by atoms with van der Waals surface area (Å²) in [6, 6.07) is 3.88. The van der Waals surface area contributed by atoms with Gasteiger partial charge >= 0.3 is 0 Å². The Morgan fingerprint density at radius 1 is 1.13 bits per heavy atom. The number of hydrogen-bond donors (Lipinski definition) is 2. The minimum absolute atomic E-state index is 0. The van der Waals surface area contributed by atoms with Crippen molar-refractivity contribution < 1.29 is 18.4 Å². The lowest BCUT2D eigenvalue weighted by Gasteiger charge is -2.19. The normalized spacial score (nSPS) is 27.4. The number of imide groups is 1. The number of amides is 2. The van der Waals surface area contributed by atoms with Gasteiger partial charge in [0.15, 0.2) is 17.6 Å². The number of hydrogen-bond acceptors (Lipinski definition) is 3. The van der Waals surface area contributed by atoms with Gasteiger partial charge in [-0.2, -0.15) is 0 Å². The summed E-state index contributed by atoms with van der Waals surface area (Å²) in [7, 11) is 1.62. The number of rotatable bonds is 6. The number of benzene rings is 1. The molecule has 1 aromatic carbocycles. The Hall–Kier alpha value is -2.04. The molecule has 0 radical (unpaired) electrons. The highest BCUT2D eigenvalue weighted by molar-refractivity contribution is 14.0. The molecule has 1 heterocycles. The van der Waals surface area contributed by atoms with Gasteiger partial charge in [0, 0.05) is 26.7 Å². The molecule has 1 saturated carbocycles. The zero-order valence-electron chi connectivity index (χ0n) is 17.5. The van der Waals surface area contributed by atoms with E-state index in [0.717, 1.165) is 12.5 Å². The first kappa shape index (κ1) is 23.6. The van der Waals surface area contributed by atoms with Crippen LogP contribution < -0.4 is 10.6 Å². The van der Waals surface area contributed by atoms with Crippen LogP contribution in [0.25, 0.3) is 0 Å². The van der Waals surface area contributed by atoms with Crippen molar-refractivity contribution in [2.24, 2.45) is 28.7 Å². The number of nitrogens with one attached hydrogen (secondary N) is 2. The number of guanidine groups is 1. The van der Waals surface area contributed by atoms with Crippen LogP contribution in [0.2, 0.25) is 0 Å². The second-order valence-corrected chi connectivity index (χ2v) is 8.28. The third kappa shape index (κ3) is 4.47. The van der Waals surface area contributed by atoms with Crippen LogP contribution in [0.15, 0.2) is 35.3 Å². The minimum Gasteiger partial charge on any atom is -0.356 e. The zero-order chi connectivity index (χ0) is 21.4. The molecular weight excluding hydrogens is 517 g/mol. The highest BCUT2D eigenvalue weighted by Crippen LogP contribution is 2.52. The molecule has 1 saturated heterocycles. The Bertz CT molecular complexity index is 893. The lowest BCUT2D eigenvalue weighted by Crippen LogP contribution is -2.44. The lowest BCUT2D eigenvalue weighted by atomic mass is 9.85. The van der Waals surface area contributed by atoms with Gasteiger partial charge in [0.1, 0.15) is 0 Å². The molecule has 2 bridgehead atoms. The number of carbonyl (C=O) groups excluding carboxylic acids is 2. The molecule has 0 aromatic heterocycles. The molecule has 9 heteroatoms. The highest BCUT2D eigenvalue weighted by atomic mass is 127. The van der Waals surface area contributed by atoms with E-state index < -0.39 is 11.6 Å². The Labute approximate surface area is 197 Å². The molecule has 5 unspecified atom stereocenters. The first-order chi connectivity index (χ1) is 14.4. The van der Waals surface area contributed by atoms with Crippen LogP contribution in [-0.4, -0.2) is 49.4 Å².